The summed E-state index contributed by atoms with van der Waals surface area (Å²) in [6.07, 6.45) is 3.69. The Morgan fingerprint density at radius 1 is 1.05 bits per heavy atom. The highest BCUT2D eigenvalue weighted by Crippen LogP contribution is 2.15. The van der Waals surface area contributed by atoms with Crippen LogP contribution in [0, 0.1) is 0 Å². The zero-order valence-corrected chi connectivity index (χ0v) is 14.6. The molecule has 0 saturated heterocycles. The van der Waals surface area contributed by atoms with Gasteiger partial charge in [-0.05, 0) is 50.3 Å². The van der Waals surface area contributed by atoms with Gasteiger partial charge >= 0.3 is 0 Å². The summed E-state index contributed by atoms with van der Waals surface area (Å²) in [5.41, 5.74) is 7.91. The van der Waals surface area contributed by atoms with Gasteiger partial charge in [-0.15, -0.1) is 0 Å². The Balaban J connectivity index is 0.00000110. The number of benzene rings is 1. The highest BCUT2D eigenvalue weighted by molar-refractivity contribution is 7.99. The molecule has 0 unspecified atom stereocenters. The van der Waals surface area contributed by atoms with Crippen molar-refractivity contribution in [2.24, 2.45) is 0 Å². The lowest BCUT2D eigenvalue weighted by Gasteiger charge is -2.27. The summed E-state index contributed by atoms with van der Waals surface area (Å²) >= 11 is 2.02. The minimum Gasteiger partial charge on any atom is -0.321 e. The van der Waals surface area contributed by atoms with Gasteiger partial charge in [0.15, 0.2) is 0 Å². The monoisotopic (exact) mass is 296 g/mol. The number of thioether (sulfide) groups is 1. The summed E-state index contributed by atoms with van der Waals surface area (Å²) in [6.45, 7) is 10.9. The van der Waals surface area contributed by atoms with Gasteiger partial charge in [0.2, 0.25) is 0 Å². The summed E-state index contributed by atoms with van der Waals surface area (Å²) in [5, 5.41) is 0. The van der Waals surface area contributed by atoms with Crippen LogP contribution in [0.15, 0.2) is 30.3 Å². The lowest BCUT2D eigenvalue weighted by atomic mass is 10.0. The third-order valence-corrected chi connectivity index (χ3v) is 3.60. The van der Waals surface area contributed by atoms with E-state index in [1.54, 1.807) is 0 Å². The van der Waals surface area contributed by atoms with E-state index in [0.717, 1.165) is 5.69 Å². The van der Waals surface area contributed by atoms with E-state index >= 15 is 0 Å². The maximum absolute atomic E-state index is 3.39. The Morgan fingerprint density at radius 2 is 1.65 bits per heavy atom. The Morgan fingerprint density at radius 3 is 2.20 bits per heavy atom. The summed E-state index contributed by atoms with van der Waals surface area (Å²) in [5.74, 6) is 2.48. The van der Waals surface area contributed by atoms with Crippen LogP contribution in [0.5, 0.6) is 0 Å². The molecule has 0 amide bonds. The number of para-hydroxylation sites is 1. The molecule has 0 heterocycles. The molecule has 1 rings (SSSR count). The first kappa shape index (κ1) is 19.3. The fraction of sp³-hybridized carbons (Fsp3) is 0.647. The van der Waals surface area contributed by atoms with Gasteiger partial charge in [-0.2, -0.15) is 11.8 Å². The molecule has 0 aliphatic heterocycles. The maximum Gasteiger partial charge on any atom is 0.0487 e. The van der Waals surface area contributed by atoms with Crippen molar-refractivity contribution in [3.63, 3.8) is 0 Å². The van der Waals surface area contributed by atoms with E-state index in [0.29, 0.717) is 0 Å². The van der Waals surface area contributed by atoms with Crippen molar-refractivity contribution in [1.82, 2.24) is 5.43 Å². The number of hydrazine groups is 1. The molecular weight excluding hydrogens is 264 g/mol. The molecule has 0 atom stereocenters. The van der Waals surface area contributed by atoms with Crippen molar-refractivity contribution >= 4 is 17.4 Å². The number of nitrogens with one attached hydrogen (secondary N) is 2. The van der Waals surface area contributed by atoms with Crippen LogP contribution in [0.1, 0.15) is 53.9 Å². The molecule has 1 aromatic carbocycles. The van der Waals surface area contributed by atoms with Crippen LogP contribution in [0.3, 0.4) is 0 Å². The number of hydrogen-bond acceptors (Lipinski definition) is 3. The Bertz CT molecular complexity index is 312. The zero-order chi connectivity index (χ0) is 15.3. The van der Waals surface area contributed by atoms with Crippen LogP contribution in [0.25, 0.3) is 0 Å². The van der Waals surface area contributed by atoms with Crippen molar-refractivity contribution in [3.05, 3.63) is 30.3 Å². The summed E-state index contributed by atoms with van der Waals surface area (Å²) in [7, 11) is 0. The molecule has 116 valence electrons. The number of anilines is 1. The molecule has 0 bridgehead atoms. The van der Waals surface area contributed by atoms with Gasteiger partial charge in [0.05, 0.1) is 0 Å². The minimum atomic E-state index is 0.129. The predicted octanol–water partition coefficient (Wildman–Crippen LogP) is 5.33. The molecule has 3 heteroatoms. The standard InChI is InChI=1S/C14H24N2S.C3H8/c1-4-17-12-8-11-14(2,3)16-15-13-9-6-5-7-10-13;1-3-2/h5-7,9-10,15-16H,4,8,11-12H2,1-3H3;3H2,1-2H3. The molecule has 0 spiro atoms. The van der Waals surface area contributed by atoms with Crippen molar-refractivity contribution in [1.29, 1.82) is 0 Å². The van der Waals surface area contributed by atoms with Crippen LogP contribution in [-0.2, 0) is 0 Å². The first-order valence-electron chi connectivity index (χ1n) is 7.71. The molecule has 0 aliphatic carbocycles. The molecule has 20 heavy (non-hydrogen) atoms. The summed E-state index contributed by atoms with van der Waals surface area (Å²) < 4.78 is 0. The van der Waals surface area contributed by atoms with Gasteiger partial charge in [0, 0.05) is 11.2 Å². The van der Waals surface area contributed by atoms with Crippen LogP contribution in [0.2, 0.25) is 0 Å². The van der Waals surface area contributed by atoms with Crippen molar-refractivity contribution in [2.45, 2.75) is 59.4 Å². The van der Waals surface area contributed by atoms with Crippen LogP contribution < -0.4 is 10.9 Å². The fourth-order valence-corrected chi connectivity index (χ4v) is 2.22. The van der Waals surface area contributed by atoms with E-state index in [1.807, 2.05) is 30.0 Å². The lowest BCUT2D eigenvalue weighted by Crippen LogP contribution is -2.43. The smallest absolute Gasteiger partial charge is 0.0487 e. The normalized spacial score (nSPS) is 10.7. The van der Waals surface area contributed by atoms with E-state index in [1.165, 1.54) is 30.8 Å². The molecular formula is C17H32N2S. The Hall–Kier alpha value is -0.670. The van der Waals surface area contributed by atoms with Crippen LogP contribution in [0.4, 0.5) is 5.69 Å². The van der Waals surface area contributed by atoms with Crippen LogP contribution in [-0.4, -0.2) is 17.0 Å². The van der Waals surface area contributed by atoms with E-state index < -0.39 is 0 Å². The van der Waals surface area contributed by atoms with Crippen LogP contribution >= 0.6 is 11.8 Å². The highest BCUT2D eigenvalue weighted by atomic mass is 32.2. The van der Waals surface area contributed by atoms with Gasteiger partial charge < -0.3 is 5.43 Å². The van der Waals surface area contributed by atoms with Crippen molar-refractivity contribution in [3.8, 4) is 0 Å². The number of hydrogen-bond donors (Lipinski definition) is 2. The van der Waals surface area contributed by atoms with E-state index in [2.05, 4.69) is 57.6 Å². The van der Waals surface area contributed by atoms with E-state index in [4.69, 9.17) is 0 Å². The second-order valence-electron chi connectivity index (χ2n) is 5.51. The average molecular weight is 297 g/mol. The zero-order valence-electron chi connectivity index (χ0n) is 13.8. The fourth-order valence-electron chi connectivity index (χ4n) is 1.59. The third kappa shape index (κ3) is 11.2. The lowest BCUT2D eigenvalue weighted by molar-refractivity contribution is 0.388. The third-order valence-electron chi connectivity index (χ3n) is 2.61. The van der Waals surface area contributed by atoms with Gasteiger partial charge in [0.25, 0.3) is 0 Å². The molecule has 1 aromatic rings. The quantitative estimate of drug-likeness (QED) is 0.501. The maximum atomic E-state index is 3.39. The molecule has 0 saturated carbocycles. The molecule has 2 nitrogen and oxygen atoms in total. The Kier molecular flexibility index (Phi) is 11.7. The highest BCUT2D eigenvalue weighted by Gasteiger charge is 2.16. The molecule has 0 aromatic heterocycles. The first-order valence-corrected chi connectivity index (χ1v) is 8.87. The van der Waals surface area contributed by atoms with Gasteiger partial charge in [0.1, 0.15) is 0 Å². The topological polar surface area (TPSA) is 24.1 Å². The van der Waals surface area contributed by atoms with Gasteiger partial charge in [-0.25, -0.2) is 5.43 Å². The van der Waals surface area contributed by atoms with E-state index in [9.17, 15) is 0 Å². The molecule has 0 radical (unpaired) electrons. The first-order chi connectivity index (χ1) is 9.55. The van der Waals surface area contributed by atoms with Gasteiger partial charge in [-0.1, -0.05) is 45.4 Å². The summed E-state index contributed by atoms with van der Waals surface area (Å²) in [4.78, 5) is 0. The molecule has 0 aliphatic rings. The largest absolute Gasteiger partial charge is 0.321 e. The average Bonchev–Trinajstić information content (AvgIpc) is 2.44. The van der Waals surface area contributed by atoms with Crippen molar-refractivity contribution in [2.75, 3.05) is 16.9 Å². The molecule has 2 N–H and O–H groups in total. The second-order valence-corrected chi connectivity index (χ2v) is 6.90. The minimum absolute atomic E-state index is 0.129. The Labute approximate surface area is 130 Å². The summed E-state index contributed by atoms with van der Waals surface area (Å²) in [6, 6.07) is 10.2. The molecule has 0 fully saturated rings. The van der Waals surface area contributed by atoms with Crippen molar-refractivity contribution < 1.29 is 0 Å². The number of rotatable bonds is 8. The SMILES string of the molecule is CCC.CCSCCCC(C)(C)NNc1ccccc1. The van der Waals surface area contributed by atoms with Gasteiger partial charge in [-0.3, -0.25) is 0 Å². The second kappa shape index (κ2) is 12.1. The predicted molar refractivity (Wildman–Crippen MR) is 95.5 cm³/mol. The van der Waals surface area contributed by atoms with E-state index in [-0.39, 0.29) is 5.54 Å².